The number of thioether (sulfide) groups is 1. The van der Waals surface area contributed by atoms with Gasteiger partial charge < -0.3 is 11.2 Å². The number of hydrogen-bond donors (Lipinski definition) is 2. The van der Waals surface area contributed by atoms with Gasteiger partial charge in [0.2, 0.25) is 11.1 Å². The van der Waals surface area contributed by atoms with Crippen LogP contribution in [0.1, 0.15) is 26.6 Å². The summed E-state index contributed by atoms with van der Waals surface area (Å²) in [6.07, 6.45) is 0. The second-order valence-corrected chi connectivity index (χ2v) is 7.67. The predicted octanol–water partition coefficient (Wildman–Crippen LogP) is 3.33. The van der Waals surface area contributed by atoms with E-state index < -0.39 is 0 Å². The van der Waals surface area contributed by atoms with Gasteiger partial charge in [-0.25, -0.2) is 4.68 Å². The van der Waals surface area contributed by atoms with Crippen LogP contribution in [0.15, 0.2) is 23.4 Å². The van der Waals surface area contributed by atoms with Gasteiger partial charge in [-0.3, -0.25) is 4.79 Å². The number of nitrogen functional groups attached to an aromatic ring is 1. The minimum Gasteiger partial charge on any atom is -0.336 e. The summed E-state index contributed by atoms with van der Waals surface area (Å²) in [7, 11) is 0. The van der Waals surface area contributed by atoms with Gasteiger partial charge in [-0.05, 0) is 18.2 Å². The first-order chi connectivity index (χ1) is 10.7. The molecule has 0 radical (unpaired) electrons. The van der Waals surface area contributed by atoms with Crippen molar-refractivity contribution in [3.63, 3.8) is 0 Å². The fourth-order valence-electron chi connectivity index (χ4n) is 1.79. The van der Waals surface area contributed by atoms with Crippen molar-refractivity contribution in [3.05, 3.63) is 34.1 Å². The highest BCUT2D eigenvalue weighted by atomic mass is 35.5. The van der Waals surface area contributed by atoms with Crippen molar-refractivity contribution in [3.8, 4) is 0 Å². The van der Waals surface area contributed by atoms with Gasteiger partial charge in [-0.15, -0.1) is 10.2 Å². The Labute approximate surface area is 148 Å². The first-order valence-corrected chi connectivity index (χ1v) is 8.51. The number of nitrogens with one attached hydrogen (secondary N) is 1. The minimum atomic E-state index is -0.223. The summed E-state index contributed by atoms with van der Waals surface area (Å²) in [5.41, 5.74) is 0.283. The van der Waals surface area contributed by atoms with Crippen molar-refractivity contribution in [1.82, 2.24) is 14.9 Å². The Kier molecular flexibility index (Phi) is 5.44. The number of rotatable bonds is 4. The Hall–Kier alpha value is -1.44. The predicted molar refractivity (Wildman–Crippen MR) is 94.7 cm³/mol. The van der Waals surface area contributed by atoms with Gasteiger partial charge in [0.1, 0.15) is 0 Å². The number of aromatic nitrogens is 3. The molecule has 0 aliphatic rings. The number of halogens is 2. The van der Waals surface area contributed by atoms with Gasteiger partial charge in [0.15, 0.2) is 5.82 Å². The first-order valence-electron chi connectivity index (χ1n) is 6.77. The fraction of sp³-hybridized carbons (Fsp3) is 0.357. The molecule has 0 saturated carbocycles. The van der Waals surface area contributed by atoms with E-state index in [1.807, 2.05) is 20.8 Å². The summed E-state index contributed by atoms with van der Waals surface area (Å²) < 4.78 is 1.41. The lowest BCUT2D eigenvalue weighted by atomic mass is 9.96. The number of amides is 1. The molecule has 0 saturated heterocycles. The topological polar surface area (TPSA) is 85.8 Å². The highest BCUT2D eigenvalue weighted by Crippen LogP contribution is 2.26. The third-order valence-electron chi connectivity index (χ3n) is 2.87. The van der Waals surface area contributed by atoms with Crippen molar-refractivity contribution < 1.29 is 4.79 Å². The molecule has 9 heteroatoms. The number of carbonyl (C=O) groups excluding carboxylic acids is 1. The zero-order valence-electron chi connectivity index (χ0n) is 12.9. The zero-order valence-corrected chi connectivity index (χ0v) is 15.3. The lowest BCUT2D eigenvalue weighted by Crippen LogP contribution is -2.24. The van der Waals surface area contributed by atoms with Crippen molar-refractivity contribution in [2.75, 3.05) is 16.9 Å². The maximum atomic E-state index is 12.0. The molecule has 2 aromatic rings. The number of nitrogens with two attached hydrogens (primary N) is 1. The van der Waals surface area contributed by atoms with E-state index in [9.17, 15) is 4.79 Å². The highest BCUT2D eigenvalue weighted by molar-refractivity contribution is 7.99. The largest absolute Gasteiger partial charge is 0.336 e. The van der Waals surface area contributed by atoms with Gasteiger partial charge in [0, 0.05) is 10.4 Å². The van der Waals surface area contributed by atoms with Crippen LogP contribution in [0.2, 0.25) is 10.0 Å². The van der Waals surface area contributed by atoms with Crippen LogP contribution in [-0.2, 0) is 10.2 Å². The Morgan fingerprint density at radius 1 is 1.35 bits per heavy atom. The molecule has 3 N–H and O–H groups in total. The second kappa shape index (κ2) is 6.98. The summed E-state index contributed by atoms with van der Waals surface area (Å²) in [5, 5.41) is 12.2. The Morgan fingerprint density at radius 3 is 2.61 bits per heavy atom. The number of benzene rings is 1. The summed E-state index contributed by atoms with van der Waals surface area (Å²) in [6.45, 7) is 5.97. The van der Waals surface area contributed by atoms with Crippen LogP contribution >= 0.6 is 35.0 Å². The molecule has 23 heavy (non-hydrogen) atoms. The smallest absolute Gasteiger partial charge is 0.234 e. The molecule has 0 fully saturated rings. The molecule has 0 aliphatic heterocycles. The summed E-state index contributed by atoms with van der Waals surface area (Å²) >= 11 is 13.0. The quantitative estimate of drug-likeness (QED) is 0.633. The fourth-order valence-corrected chi connectivity index (χ4v) is 2.91. The van der Waals surface area contributed by atoms with Crippen LogP contribution in [0.5, 0.6) is 0 Å². The summed E-state index contributed by atoms with van der Waals surface area (Å²) in [5.74, 6) is 6.54. The third kappa shape index (κ3) is 4.53. The van der Waals surface area contributed by atoms with Gasteiger partial charge in [0.05, 0.1) is 16.5 Å². The molecule has 1 aromatic carbocycles. The monoisotopic (exact) mass is 373 g/mol. The SMILES string of the molecule is CC(C)(C)c1nnc(SCC(=O)Nc2ccc(Cl)cc2Cl)n1N. The Morgan fingerprint density at radius 2 is 2.04 bits per heavy atom. The Balaban J connectivity index is 1.98. The summed E-state index contributed by atoms with van der Waals surface area (Å²) in [4.78, 5) is 12.0. The van der Waals surface area contributed by atoms with E-state index in [1.165, 1.54) is 16.4 Å². The molecule has 0 bridgehead atoms. The number of anilines is 1. The van der Waals surface area contributed by atoms with Crippen LogP contribution < -0.4 is 11.2 Å². The number of carbonyl (C=O) groups is 1. The molecule has 0 atom stereocenters. The van der Waals surface area contributed by atoms with Gasteiger partial charge in [-0.1, -0.05) is 55.7 Å². The third-order valence-corrected chi connectivity index (χ3v) is 4.36. The molecule has 1 aromatic heterocycles. The molecule has 1 heterocycles. The lowest BCUT2D eigenvalue weighted by molar-refractivity contribution is -0.113. The molecule has 0 unspecified atom stereocenters. The molecular formula is C14H17Cl2N5OS. The normalized spacial score (nSPS) is 11.5. The molecule has 124 valence electrons. The second-order valence-electron chi connectivity index (χ2n) is 5.89. The standard InChI is InChI=1S/C14H17Cl2N5OS/c1-14(2,3)12-19-20-13(21(12)17)23-7-11(22)18-10-5-4-8(15)6-9(10)16/h4-6H,7,17H2,1-3H3,(H,18,22). The van der Waals surface area contributed by atoms with E-state index in [0.29, 0.717) is 26.7 Å². The van der Waals surface area contributed by atoms with Crippen LogP contribution in [0.4, 0.5) is 5.69 Å². The van der Waals surface area contributed by atoms with Crippen molar-refractivity contribution >= 4 is 46.6 Å². The van der Waals surface area contributed by atoms with Crippen molar-refractivity contribution in [1.29, 1.82) is 0 Å². The highest BCUT2D eigenvalue weighted by Gasteiger charge is 2.23. The number of hydrogen-bond acceptors (Lipinski definition) is 5. The Bertz CT molecular complexity index is 726. The van der Waals surface area contributed by atoms with Crippen LogP contribution in [0.25, 0.3) is 0 Å². The molecule has 2 rings (SSSR count). The van der Waals surface area contributed by atoms with Crippen molar-refractivity contribution in [2.24, 2.45) is 0 Å². The van der Waals surface area contributed by atoms with Gasteiger partial charge in [-0.2, -0.15) is 0 Å². The number of nitrogens with zero attached hydrogens (tertiary/aromatic N) is 3. The van der Waals surface area contributed by atoms with E-state index in [4.69, 9.17) is 29.0 Å². The van der Waals surface area contributed by atoms with Crippen LogP contribution in [-0.4, -0.2) is 26.5 Å². The van der Waals surface area contributed by atoms with Crippen LogP contribution in [0, 0.1) is 0 Å². The van der Waals surface area contributed by atoms with E-state index in [0.717, 1.165) is 0 Å². The summed E-state index contributed by atoms with van der Waals surface area (Å²) in [6, 6.07) is 4.87. The van der Waals surface area contributed by atoms with Crippen molar-refractivity contribution in [2.45, 2.75) is 31.3 Å². The van der Waals surface area contributed by atoms with E-state index >= 15 is 0 Å². The molecule has 6 nitrogen and oxygen atoms in total. The lowest BCUT2D eigenvalue weighted by Gasteiger charge is -2.16. The molecule has 1 amide bonds. The van der Waals surface area contributed by atoms with E-state index in [2.05, 4.69) is 15.5 Å². The van der Waals surface area contributed by atoms with Crippen LogP contribution in [0.3, 0.4) is 0 Å². The minimum absolute atomic E-state index is 0.137. The van der Waals surface area contributed by atoms with E-state index in [-0.39, 0.29) is 17.1 Å². The maximum absolute atomic E-state index is 12.0. The first kappa shape index (κ1) is 17.9. The molecule has 0 spiro atoms. The van der Waals surface area contributed by atoms with Gasteiger partial charge >= 0.3 is 0 Å². The van der Waals surface area contributed by atoms with E-state index in [1.54, 1.807) is 18.2 Å². The zero-order chi connectivity index (χ0) is 17.2. The van der Waals surface area contributed by atoms with Gasteiger partial charge in [0.25, 0.3) is 0 Å². The maximum Gasteiger partial charge on any atom is 0.234 e. The molecular weight excluding hydrogens is 357 g/mol. The average molecular weight is 374 g/mol. The molecule has 0 aliphatic carbocycles. The average Bonchev–Trinajstić information content (AvgIpc) is 2.81.